The van der Waals surface area contributed by atoms with Gasteiger partial charge in [-0.15, -0.1) is 10.2 Å². The maximum Gasteiger partial charge on any atom is 0.247 e. The molecule has 0 aliphatic carbocycles. The van der Waals surface area contributed by atoms with Crippen molar-refractivity contribution < 1.29 is 9.15 Å². The Bertz CT molecular complexity index is 332. The first-order chi connectivity index (χ1) is 7.74. The van der Waals surface area contributed by atoms with E-state index >= 15 is 0 Å². The van der Waals surface area contributed by atoms with Crippen molar-refractivity contribution in [3.8, 4) is 0 Å². The Morgan fingerprint density at radius 1 is 1.44 bits per heavy atom. The van der Waals surface area contributed by atoms with Crippen LogP contribution < -0.4 is 5.32 Å². The summed E-state index contributed by atoms with van der Waals surface area (Å²) in [6.45, 7) is 6.71. The molecule has 0 bridgehead atoms. The molecule has 1 aromatic heterocycles. The van der Waals surface area contributed by atoms with Gasteiger partial charge in [0.25, 0.3) is 0 Å². The highest BCUT2D eigenvalue weighted by Gasteiger charge is 2.37. The van der Waals surface area contributed by atoms with Gasteiger partial charge in [-0.05, 0) is 26.3 Å². The van der Waals surface area contributed by atoms with Crippen LogP contribution in [0.1, 0.15) is 38.5 Å². The monoisotopic (exact) mass is 225 g/mol. The summed E-state index contributed by atoms with van der Waals surface area (Å²) < 4.78 is 11.3. The summed E-state index contributed by atoms with van der Waals surface area (Å²) in [5.41, 5.74) is -0.358. The summed E-state index contributed by atoms with van der Waals surface area (Å²) >= 11 is 0. The third-order valence-electron chi connectivity index (χ3n) is 2.90. The van der Waals surface area contributed by atoms with Crippen molar-refractivity contribution in [2.24, 2.45) is 0 Å². The molecule has 16 heavy (non-hydrogen) atoms. The van der Waals surface area contributed by atoms with E-state index in [1.165, 1.54) is 0 Å². The summed E-state index contributed by atoms with van der Waals surface area (Å²) in [5, 5.41) is 11.3. The van der Waals surface area contributed by atoms with Crippen molar-refractivity contribution in [3.05, 3.63) is 11.8 Å². The molecule has 1 aromatic rings. The van der Waals surface area contributed by atoms with Gasteiger partial charge in [0.15, 0.2) is 0 Å². The van der Waals surface area contributed by atoms with E-state index in [-0.39, 0.29) is 5.60 Å². The quantitative estimate of drug-likeness (QED) is 0.764. The number of likely N-dealkylation sites (N-methyl/N-ethyl adjacent to an activating group) is 1. The number of hydrogen-bond donors (Lipinski definition) is 1. The molecule has 1 atom stereocenters. The average Bonchev–Trinajstić information content (AvgIpc) is 2.88. The van der Waals surface area contributed by atoms with E-state index in [0.717, 1.165) is 39.0 Å². The largest absolute Gasteiger partial charge is 0.422 e. The second-order valence-electron chi connectivity index (χ2n) is 4.29. The molecule has 1 fully saturated rings. The van der Waals surface area contributed by atoms with Gasteiger partial charge in [-0.2, -0.15) is 0 Å². The van der Waals surface area contributed by atoms with E-state index in [9.17, 15) is 0 Å². The molecule has 1 unspecified atom stereocenters. The van der Waals surface area contributed by atoms with E-state index in [2.05, 4.69) is 22.4 Å². The molecule has 1 saturated heterocycles. The minimum absolute atomic E-state index is 0.358. The number of aromatic nitrogens is 2. The first-order valence-corrected chi connectivity index (χ1v) is 5.92. The molecule has 0 aromatic carbocycles. The van der Waals surface area contributed by atoms with Crippen LogP contribution in [-0.2, 0) is 16.8 Å². The molecule has 5 heteroatoms. The van der Waals surface area contributed by atoms with Crippen molar-refractivity contribution in [1.29, 1.82) is 0 Å². The van der Waals surface area contributed by atoms with Gasteiger partial charge in [-0.1, -0.05) is 6.92 Å². The zero-order valence-electron chi connectivity index (χ0n) is 9.95. The zero-order chi connectivity index (χ0) is 11.4. The summed E-state index contributed by atoms with van der Waals surface area (Å²) in [4.78, 5) is 0. The topological polar surface area (TPSA) is 60.2 Å². The van der Waals surface area contributed by atoms with Crippen LogP contribution in [0.15, 0.2) is 4.42 Å². The molecule has 2 rings (SSSR count). The molecule has 0 spiro atoms. The average molecular weight is 225 g/mol. The van der Waals surface area contributed by atoms with Gasteiger partial charge in [-0.25, -0.2) is 0 Å². The van der Waals surface area contributed by atoms with Crippen LogP contribution in [0, 0.1) is 0 Å². The van der Waals surface area contributed by atoms with Gasteiger partial charge < -0.3 is 14.5 Å². The SMILES string of the molecule is CCNCCc1nnc(C2(C)CCCO2)o1. The second-order valence-corrected chi connectivity index (χ2v) is 4.29. The Labute approximate surface area is 95.6 Å². The van der Waals surface area contributed by atoms with Crippen LogP contribution in [0.3, 0.4) is 0 Å². The van der Waals surface area contributed by atoms with Gasteiger partial charge in [0, 0.05) is 19.6 Å². The molecule has 0 saturated carbocycles. The molecule has 5 nitrogen and oxygen atoms in total. The molecule has 90 valence electrons. The lowest BCUT2D eigenvalue weighted by Gasteiger charge is -2.17. The standard InChI is InChI=1S/C11H19N3O2/c1-3-12-7-5-9-13-14-10(16-9)11(2)6-4-8-15-11/h12H,3-8H2,1-2H3. The Morgan fingerprint density at radius 2 is 2.31 bits per heavy atom. The third-order valence-corrected chi connectivity index (χ3v) is 2.90. The van der Waals surface area contributed by atoms with E-state index in [1.54, 1.807) is 0 Å². The van der Waals surface area contributed by atoms with Crippen LogP contribution in [0.5, 0.6) is 0 Å². The summed E-state index contributed by atoms with van der Waals surface area (Å²) in [7, 11) is 0. The van der Waals surface area contributed by atoms with Gasteiger partial charge in [0.2, 0.25) is 11.8 Å². The van der Waals surface area contributed by atoms with Crippen LogP contribution in [0.4, 0.5) is 0 Å². The molecular weight excluding hydrogens is 206 g/mol. The Kier molecular flexibility index (Phi) is 3.56. The Balaban J connectivity index is 1.96. The van der Waals surface area contributed by atoms with Gasteiger partial charge in [0.1, 0.15) is 5.60 Å². The minimum Gasteiger partial charge on any atom is -0.422 e. The highest BCUT2D eigenvalue weighted by molar-refractivity contribution is 4.98. The number of ether oxygens (including phenoxy) is 1. The lowest BCUT2D eigenvalue weighted by atomic mass is 10.0. The number of hydrogen-bond acceptors (Lipinski definition) is 5. The summed E-state index contributed by atoms with van der Waals surface area (Å²) in [6, 6.07) is 0. The van der Waals surface area contributed by atoms with Crippen molar-refractivity contribution in [1.82, 2.24) is 15.5 Å². The smallest absolute Gasteiger partial charge is 0.247 e. The van der Waals surface area contributed by atoms with Crippen molar-refractivity contribution in [3.63, 3.8) is 0 Å². The first kappa shape index (κ1) is 11.5. The number of nitrogens with one attached hydrogen (secondary N) is 1. The Hall–Kier alpha value is -0.940. The second kappa shape index (κ2) is 4.93. The summed E-state index contributed by atoms with van der Waals surface area (Å²) in [6.07, 6.45) is 2.80. The zero-order valence-corrected chi connectivity index (χ0v) is 9.95. The molecule has 1 N–H and O–H groups in total. The summed E-state index contributed by atoms with van der Waals surface area (Å²) in [5.74, 6) is 1.31. The predicted octanol–water partition coefficient (Wildman–Crippen LogP) is 1.25. The minimum atomic E-state index is -0.358. The molecule has 0 amide bonds. The van der Waals surface area contributed by atoms with Crippen LogP contribution in [0.2, 0.25) is 0 Å². The lowest BCUT2D eigenvalue weighted by Crippen LogP contribution is -2.20. The van der Waals surface area contributed by atoms with Crippen molar-refractivity contribution in [2.45, 2.75) is 38.7 Å². The molecule has 1 aliphatic rings. The molecular formula is C11H19N3O2. The van der Waals surface area contributed by atoms with Crippen molar-refractivity contribution in [2.75, 3.05) is 19.7 Å². The van der Waals surface area contributed by atoms with Crippen molar-refractivity contribution >= 4 is 0 Å². The van der Waals surface area contributed by atoms with Crippen LogP contribution in [0.25, 0.3) is 0 Å². The third kappa shape index (κ3) is 2.41. The molecule has 0 radical (unpaired) electrons. The Morgan fingerprint density at radius 3 is 3.00 bits per heavy atom. The first-order valence-electron chi connectivity index (χ1n) is 5.92. The van der Waals surface area contributed by atoms with Gasteiger partial charge >= 0.3 is 0 Å². The van der Waals surface area contributed by atoms with Crippen LogP contribution in [-0.4, -0.2) is 29.9 Å². The fourth-order valence-electron chi connectivity index (χ4n) is 1.89. The predicted molar refractivity (Wildman–Crippen MR) is 59.1 cm³/mol. The van der Waals surface area contributed by atoms with Gasteiger partial charge in [0.05, 0.1) is 0 Å². The van der Waals surface area contributed by atoms with E-state index in [4.69, 9.17) is 9.15 Å². The number of nitrogens with zero attached hydrogens (tertiary/aromatic N) is 2. The number of rotatable bonds is 5. The maximum atomic E-state index is 5.65. The fourth-order valence-corrected chi connectivity index (χ4v) is 1.89. The maximum absolute atomic E-state index is 5.65. The fraction of sp³-hybridized carbons (Fsp3) is 0.818. The lowest BCUT2D eigenvalue weighted by molar-refractivity contribution is -0.00613. The van der Waals surface area contributed by atoms with Gasteiger partial charge in [-0.3, -0.25) is 0 Å². The van der Waals surface area contributed by atoms with E-state index in [1.807, 2.05) is 6.92 Å². The highest BCUT2D eigenvalue weighted by atomic mass is 16.5. The van der Waals surface area contributed by atoms with Crippen LogP contribution >= 0.6 is 0 Å². The molecule has 1 aliphatic heterocycles. The van der Waals surface area contributed by atoms with E-state index < -0.39 is 0 Å². The van der Waals surface area contributed by atoms with E-state index in [0.29, 0.717) is 11.8 Å². The molecule has 2 heterocycles. The normalized spacial score (nSPS) is 25.1. The highest BCUT2D eigenvalue weighted by Crippen LogP contribution is 2.34.